The molecule has 1 saturated carbocycles. The number of amides is 1. The number of hydrogen-bond acceptors (Lipinski definition) is 5. The standard InChI is InChI=1S/C23H36N4O4.HI/c1-5-24-23(25-14-16-12-19(29-2)21(31-4)20(13-16)30-3)26-18-10-11-27(15-18)22(28)17-8-6-7-9-17;/h12-13,17-18H,5-11,14-15H2,1-4H3,(H2,24,25,26);1H. The van der Waals surface area contributed by atoms with Gasteiger partial charge in [-0.25, -0.2) is 4.99 Å². The molecule has 32 heavy (non-hydrogen) atoms. The fourth-order valence-corrected chi connectivity index (χ4v) is 4.42. The van der Waals surface area contributed by atoms with Crippen molar-refractivity contribution in [2.45, 2.75) is 51.6 Å². The molecule has 1 atom stereocenters. The van der Waals surface area contributed by atoms with Crippen molar-refractivity contribution in [1.82, 2.24) is 15.5 Å². The fourth-order valence-electron chi connectivity index (χ4n) is 4.42. The molecule has 0 spiro atoms. The molecule has 1 aliphatic heterocycles. The number of halogens is 1. The van der Waals surface area contributed by atoms with Gasteiger partial charge < -0.3 is 29.7 Å². The first-order valence-corrected chi connectivity index (χ1v) is 11.2. The van der Waals surface area contributed by atoms with Crippen LogP contribution in [0, 0.1) is 5.92 Å². The Morgan fingerprint density at radius 3 is 2.31 bits per heavy atom. The van der Waals surface area contributed by atoms with E-state index >= 15 is 0 Å². The number of likely N-dealkylation sites (tertiary alicyclic amines) is 1. The van der Waals surface area contributed by atoms with Crippen LogP contribution in [0.15, 0.2) is 17.1 Å². The maximum Gasteiger partial charge on any atom is 0.225 e. The van der Waals surface area contributed by atoms with E-state index in [1.807, 2.05) is 24.0 Å². The van der Waals surface area contributed by atoms with E-state index in [0.717, 1.165) is 50.4 Å². The fraction of sp³-hybridized carbons (Fsp3) is 0.652. The smallest absolute Gasteiger partial charge is 0.225 e. The van der Waals surface area contributed by atoms with E-state index in [0.29, 0.717) is 29.7 Å². The van der Waals surface area contributed by atoms with Gasteiger partial charge in [0.25, 0.3) is 0 Å². The Morgan fingerprint density at radius 2 is 1.75 bits per heavy atom. The highest BCUT2D eigenvalue weighted by molar-refractivity contribution is 14.0. The second-order valence-electron chi connectivity index (χ2n) is 8.12. The predicted molar refractivity (Wildman–Crippen MR) is 136 cm³/mol. The van der Waals surface area contributed by atoms with Crippen molar-refractivity contribution in [3.05, 3.63) is 17.7 Å². The van der Waals surface area contributed by atoms with E-state index in [1.165, 1.54) is 12.8 Å². The summed E-state index contributed by atoms with van der Waals surface area (Å²) in [5.74, 6) is 3.11. The van der Waals surface area contributed by atoms with Gasteiger partial charge in [0, 0.05) is 31.6 Å². The molecule has 1 aromatic rings. The van der Waals surface area contributed by atoms with Crippen LogP contribution in [0.5, 0.6) is 17.2 Å². The molecule has 3 rings (SSSR count). The van der Waals surface area contributed by atoms with Gasteiger partial charge in [-0.3, -0.25) is 4.79 Å². The van der Waals surface area contributed by atoms with Crippen LogP contribution >= 0.6 is 24.0 Å². The molecule has 2 fully saturated rings. The topological polar surface area (TPSA) is 84.4 Å². The number of nitrogens with one attached hydrogen (secondary N) is 2. The first-order valence-electron chi connectivity index (χ1n) is 11.2. The van der Waals surface area contributed by atoms with Crippen LogP contribution < -0.4 is 24.8 Å². The highest BCUT2D eigenvalue weighted by Crippen LogP contribution is 2.38. The lowest BCUT2D eigenvalue weighted by Gasteiger charge is -2.21. The third-order valence-corrected chi connectivity index (χ3v) is 6.03. The first-order chi connectivity index (χ1) is 15.1. The van der Waals surface area contributed by atoms with Crippen LogP contribution in [-0.2, 0) is 11.3 Å². The SMILES string of the molecule is CCNC(=NCc1cc(OC)c(OC)c(OC)c1)NC1CCN(C(=O)C2CCCC2)C1.I. The van der Waals surface area contributed by atoms with E-state index in [4.69, 9.17) is 19.2 Å². The quantitative estimate of drug-likeness (QED) is 0.289. The lowest BCUT2D eigenvalue weighted by molar-refractivity contribution is -0.134. The maximum absolute atomic E-state index is 12.7. The van der Waals surface area contributed by atoms with Gasteiger partial charge in [-0.15, -0.1) is 24.0 Å². The Morgan fingerprint density at radius 1 is 1.09 bits per heavy atom. The number of aliphatic imine (C=N–C) groups is 1. The number of carbonyl (C=O) groups is 1. The zero-order valence-corrected chi connectivity index (χ0v) is 21.9. The molecule has 0 aromatic heterocycles. The van der Waals surface area contributed by atoms with E-state index in [2.05, 4.69) is 10.6 Å². The molecule has 2 N–H and O–H groups in total. The molecule has 180 valence electrons. The summed E-state index contributed by atoms with van der Waals surface area (Å²) in [6.07, 6.45) is 5.40. The number of nitrogens with zero attached hydrogens (tertiary/aromatic N) is 2. The largest absolute Gasteiger partial charge is 0.493 e. The summed E-state index contributed by atoms with van der Waals surface area (Å²) in [5, 5.41) is 6.81. The molecule has 1 aliphatic carbocycles. The molecule has 8 nitrogen and oxygen atoms in total. The number of methoxy groups -OCH3 is 3. The molecule has 0 bridgehead atoms. The lowest BCUT2D eigenvalue weighted by Crippen LogP contribution is -2.45. The zero-order chi connectivity index (χ0) is 22.2. The molecule has 1 unspecified atom stereocenters. The van der Waals surface area contributed by atoms with Crippen molar-refractivity contribution in [2.24, 2.45) is 10.9 Å². The monoisotopic (exact) mass is 560 g/mol. The van der Waals surface area contributed by atoms with Gasteiger partial charge in [-0.05, 0) is 43.9 Å². The van der Waals surface area contributed by atoms with Crippen LogP contribution in [0.25, 0.3) is 0 Å². The summed E-state index contributed by atoms with van der Waals surface area (Å²) in [7, 11) is 4.80. The van der Waals surface area contributed by atoms with Crippen molar-refractivity contribution in [2.75, 3.05) is 41.0 Å². The number of ether oxygens (including phenoxy) is 3. The molecule has 9 heteroatoms. The van der Waals surface area contributed by atoms with Crippen molar-refractivity contribution in [1.29, 1.82) is 0 Å². The Balaban J connectivity index is 0.00000363. The number of hydrogen-bond donors (Lipinski definition) is 2. The van der Waals surface area contributed by atoms with Crippen LogP contribution in [0.1, 0.15) is 44.6 Å². The summed E-state index contributed by atoms with van der Waals surface area (Å²) in [6.45, 7) is 4.83. The number of rotatable bonds is 8. The highest BCUT2D eigenvalue weighted by atomic mass is 127. The average molecular weight is 560 g/mol. The molecule has 1 amide bonds. The summed E-state index contributed by atoms with van der Waals surface area (Å²) >= 11 is 0. The van der Waals surface area contributed by atoms with Crippen molar-refractivity contribution >= 4 is 35.8 Å². The van der Waals surface area contributed by atoms with Gasteiger partial charge in [-0.1, -0.05) is 12.8 Å². The van der Waals surface area contributed by atoms with Crippen LogP contribution in [0.2, 0.25) is 0 Å². The number of benzene rings is 1. The van der Waals surface area contributed by atoms with Gasteiger partial charge in [0.15, 0.2) is 17.5 Å². The molecule has 1 heterocycles. The van der Waals surface area contributed by atoms with Gasteiger partial charge in [0.1, 0.15) is 0 Å². The summed E-state index contributed by atoms with van der Waals surface area (Å²) in [4.78, 5) is 19.5. The second kappa shape index (κ2) is 13.0. The van der Waals surface area contributed by atoms with Gasteiger partial charge in [0.05, 0.1) is 27.9 Å². The van der Waals surface area contributed by atoms with E-state index in [-0.39, 0.29) is 35.9 Å². The van der Waals surface area contributed by atoms with Gasteiger partial charge in [0.2, 0.25) is 11.7 Å². The highest BCUT2D eigenvalue weighted by Gasteiger charge is 2.32. The molecule has 1 saturated heterocycles. The van der Waals surface area contributed by atoms with Gasteiger partial charge >= 0.3 is 0 Å². The molecule has 1 aromatic carbocycles. The normalized spacial score (nSPS) is 18.8. The first kappa shape index (κ1) is 26.3. The van der Waals surface area contributed by atoms with Crippen LogP contribution in [0.4, 0.5) is 0 Å². The average Bonchev–Trinajstić information content (AvgIpc) is 3.49. The molecule has 0 radical (unpaired) electrons. The Labute approximate surface area is 208 Å². The second-order valence-corrected chi connectivity index (χ2v) is 8.12. The van der Waals surface area contributed by atoms with Crippen molar-refractivity contribution in [3.8, 4) is 17.2 Å². The van der Waals surface area contributed by atoms with Crippen LogP contribution in [0.3, 0.4) is 0 Å². The van der Waals surface area contributed by atoms with Crippen LogP contribution in [-0.4, -0.2) is 63.8 Å². The maximum atomic E-state index is 12.7. The number of guanidine groups is 1. The number of carbonyl (C=O) groups excluding carboxylic acids is 1. The third kappa shape index (κ3) is 6.55. The van der Waals surface area contributed by atoms with E-state index in [9.17, 15) is 4.79 Å². The Bertz CT molecular complexity index is 758. The van der Waals surface area contributed by atoms with E-state index < -0.39 is 0 Å². The lowest BCUT2D eigenvalue weighted by atomic mass is 10.1. The van der Waals surface area contributed by atoms with Crippen molar-refractivity contribution in [3.63, 3.8) is 0 Å². The molecular formula is C23H37IN4O4. The molecule has 2 aliphatic rings. The Hall–Kier alpha value is -1.91. The minimum atomic E-state index is 0. The minimum absolute atomic E-state index is 0. The minimum Gasteiger partial charge on any atom is -0.493 e. The Kier molecular flexibility index (Phi) is 10.7. The summed E-state index contributed by atoms with van der Waals surface area (Å²) in [5.41, 5.74) is 0.955. The van der Waals surface area contributed by atoms with Gasteiger partial charge in [-0.2, -0.15) is 0 Å². The van der Waals surface area contributed by atoms with Crippen molar-refractivity contribution < 1.29 is 19.0 Å². The summed E-state index contributed by atoms with van der Waals surface area (Å²) in [6, 6.07) is 4.03. The zero-order valence-electron chi connectivity index (χ0n) is 19.6. The summed E-state index contributed by atoms with van der Waals surface area (Å²) < 4.78 is 16.3. The van der Waals surface area contributed by atoms with E-state index in [1.54, 1.807) is 21.3 Å². The third-order valence-electron chi connectivity index (χ3n) is 6.03. The predicted octanol–water partition coefficient (Wildman–Crippen LogP) is 3.18. The molecular weight excluding hydrogens is 523 g/mol.